The maximum atomic E-state index is 10.9. The molecule has 0 aliphatic heterocycles. The number of carbonyl (C=O) groups excluding carboxylic acids is 1. The van der Waals surface area contributed by atoms with Crippen LogP contribution in [0.5, 0.6) is 0 Å². The molecule has 0 aromatic heterocycles. The first-order chi connectivity index (χ1) is 9.70. The molecule has 0 bridgehead atoms. The molecule has 2 nitrogen and oxygen atoms in total. The van der Waals surface area contributed by atoms with Gasteiger partial charge >= 0.3 is 5.97 Å². The minimum Gasteiger partial charge on any atom is -0.463 e. The monoisotopic (exact) mass is 284 g/mol. The number of hydrogen-bond donors (Lipinski definition) is 0. The Morgan fingerprint density at radius 1 is 0.800 bits per heavy atom. The number of hydrogen-bond acceptors (Lipinski definition) is 2. The van der Waals surface area contributed by atoms with Gasteiger partial charge in [-0.15, -0.1) is 0 Å². The Hall–Kier alpha value is -0.530. The minimum atomic E-state index is -0.139. The maximum Gasteiger partial charge on any atom is 0.302 e. The molecule has 0 rings (SSSR count). The van der Waals surface area contributed by atoms with Crippen molar-refractivity contribution >= 4 is 5.97 Å². The van der Waals surface area contributed by atoms with Gasteiger partial charge in [0.15, 0.2) is 0 Å². The van der Waals surface area contributed by atoms with Crippen molar-refractivity contribution in [3.8, 4) is 0 Å². The van der Waals surface area contributed by atoms with E-state index in [9.17, 15) is 4.79 Å². The largest absolute Gasteiger partial charge is 0.463 e. The van der Waals surface area contributed by atoms with E-state index in [0.29, 0.717) is 0 Å². The van der Waals surface area contributed by atoms with Crippen molar-refractivity contribution in [3.63, 3.8) is 0 Å². The molecule has 0 radical (unpaired) electrons. The van der Waals surface area contributed by atoms with Gasteiger partial charge in [-0.2, -0.15) is 0 Å². The summed E-state index contributed by atoms with van der Waals surface area (Å²) in [5.41, 5.74) is 0. The van der Waals surface area contributed by atoms with Crippen molar-refractivity contribution in [2.45, 2.75) is 110 Å². The highest BCUT2D eigenvalue weighted by molar-refractivity contribution is 5.66. The first-order valence-corrected chi connectivity index (χ1v) is 8.87. The van der Waals surface area contributed by atoms with Gasteiger partial charge in [-0.05, 0) is 19.3 Å². The van der Waals surface area contributed by atoms with Crippen LogP contribution < -0.4 is 0 Å². The van der Waals surface area contributed by atoms with Crippen LogP contribution in [0.25, 0.3) is 0 Å². The van der Waals surface area contributed by atoms with Gasteiger partial charge in [0.1, 0.15) is 6.10 Å². The van der Waals surface area contributed by atoms with E-state index < -0.39 is 0 Å². The van der Waals surface area contributed by atoms with Crippen molar-refractivity contribution < 1.29 is 9.53 Å². The van der Waals surface area contributed by atoms with Gasteiger partial charge < -0.3 is 4.74 Å². The van der Waals surface area contributed by atoms with Crippen LogP contribution in [0.2, 0.25) is 0 Å². The van der Waals surface area contributed by atoms with Gasteiger partial charge in [0, 0.05) is 6.92 Å². The number of ether oxygens (including phenoxy) is 1. The fourth-order valence-corrected chi connectivity index (χ4v) is 2.62. The summed E-state index contributed by atoms with van der Waals surface area (Å²) in [6.45, 7) is 5.86. The molecule has 0 N–H and O–H groups in total. The second-order valence-electron chi connectivity index (χ2n) is 5.96. The Balaban J connectivity index is 3.21. The summed E-state index contributed by atoms with van der Waals surface area (Å²) in [6, 6.07) is 0. The lowest BCUT2D eigenvalue weighted by Gasteiger charge is -2.14. The summed E-state index contributed by atoms with van der Waals surface area (Å²) >= 11 is 0. The van der Waals surface area contributed by atoms with Crippen molar-refractivity contribution in [2.75, 3.05) is 0 Å². The lowest BCUT2D eigenvalue weighted by Crippen LogP contribution is -2.14. The summed E-state index contributed by atoms with van der Waals surface area (Å²) in [7, 11) is 0. The predicted octanol–water partition coefficient (Wildman–Crippen LogP) is 6.03. The highest BCUT2D eigenvalue weighted by Crippen LogP contribution is 2.14. The highest BCUT2D eigenvalue weighted by Gasteiger charge is 2.08. The van der Waals surface area contributed by atoms with E-state index in [-0.39, 0.29) is 12.1 Å². The predicted molar refractivity (Wildman–Crippen MR) is 86.9 cm³/mol. The minimum absolute atomic E-state index is 0.139. The van der Waals surface area contributed by atoms with Crippen molar-refractivity contribution in [1.29, 1.82) is 0 Å². The smallest absolute Gasteiger partial charge is 0.302 e. The van der Waals surface area contributed by atoms with Gasteiger partial charge in [-0.1, -0.05) is 78.1 Å². The van der Waals surface area contributed by atoms with Crippen molar-refractivity contribution in [1.82, 2.24) is 0 Å². The SMILES string of the molecule is CCCCCCCCCCCCC[C@@H](CC)OC(C)=O. The molecule has 0 aliphatic rings. The lowest BCUT2D eigenvalue weighted by atomic mass is 10.0. The summed E-state index contributed by atoms with van der Waals surface area (Å²) in [5, 5.41) is 0. The van der Waals surface area contributed by atoms with E-state index in [4.69, 9.17) is 4.74 Å². The fourth-order valence-electron chi connectivity index (χ4n) is 2.62. The molecular formula is C18H36O2. The van der Waals surface area contributed by atoms with Crippen LogP contribution in [0.15, 0.2) is 0 Å². The first-order valence-electron chi connectivity index (χ1n) is 8.87. The molecule has 0 unspecified atom stereocenters. The second-order valence-corrected chi connectivity index (χ2v) is 5.96. The summed E-state index contributed by atoms with van der Waals surface area (Å²) in [4.78, 5) is 10.9. The Kier molecular flexibility index (Phi) is 14.5. The molecule has 0 aromatic carbocycles. The van der Waals surface area contributed by atoms with Crippen LogP contribution in [0, 0.1) is 0 Å². The van der Waals surface area contributed by atoms with Crippen LogP contribution in [0.1, 0.15) is 104 Å². The molecule has 0 spiro atoms. The Morgan fingerprint density at radius 2 is 1.25 bits per heavy atom. The van der Waals surface area contributed by atoms with Crippen LogP contribution in [0.4, 0.5) is 0 Å². The van der Waals surface area contributed by atoms with Gasteiger partial charge in [0.05, 0.1) is 0 Å². The third-order valence-corrected chi connectivity index (χ3v) is 3.92. The molecule has 1 atom stereocenters. The standard InChI is InChI=1S/C18H36O2/c1-4-6-7-8-9-10-11-12-13-14-15-16-18(5-2)20-17(3)19/h18H,4-16H2,1-3H3/t18-/m1/s1. The molecule has 0 saturated carbocycles. The number of rotatable bonds is 14. The number of esters is 1. The fraction of sp³-hybridized carbons (Fsp3) is 0.944. The maximum absolute atomic E-state index is 10.9. The van der Waals surface area contributed by atoms with Gasteiger partial charge in [0.2, 0.25) is 0 Å². The van der Waals surface area contributed by atoms with Crippen molar-refractivity contribution in [3.05, 3.63) is 0 Å². The molecule has 2 heteroatoms. The van der Waals surface area contributed by atoms with E-state index in [1.54, 1.807) is 0 Å². The molecule has 0 aliphatic carbocycles. The normalized spacial score (nSPS) is 12.3. The molecule has 0 heterocycles. The van der Waals surface area contributed by atoms with Crippen LogP contribution >= 0.6 is 0 Å². The highest BCUT2D eigenvalue weighted by atomic mass is 16.5. The average molecular weight is 284 g/mol. The third kappa shape index (κ3) is 13.9. The van der Waals surface area contributed by atoms with Crippen molar-refractivity contribution in [2.24, 2.45) is 0 Å². The molecule has 0 aromatic rings. The van der Waals surface area contributed by atoms with E-state index in [2.05, 4.69) is 13.8 Å². The number of unbranched alkanes of at least 4 members (excludes halogenated alkanes) is 10. The van der Waals surface area contributed by atoms with Gasteiger partial charge in [0.25, 0.3) is 0 Å². The molecule has 20 heavy (non-hydrogen) atoms. The van der Waals surface area contributed by atoms with E-state index >= 15 is 0 Å². The van der Waals surface area contributed by atoms with E-state index in [1.165, 1.54) is 77.6 Å². The van der Waals surface area contributed by atoms with Crippen LogP contribution in [0.3, 0.4) is 0 Å². The zero-order valence-corrected chi connectivity index (χ0v) is 14.1. The summed E-state index contributed by atoms with van der Waals surface area (Å²) in [5.74, 6) is -0.139. The van der Waals surface area contributed by atoms with Crippen LogP contribution in [-0.4, -0.2) is 12.1 Å². The average Bonchev–Trinajstić information content (AvgIpc) is 2.43. The Morgan fingerprint density at radius 3 is 1.65 bits per heavy atom. The molecular weight excluding hydrogens is 248 g/mol. The second kappa shape index (κ2) is 14.9. The molecule has 120 valence electrons. The van der Waals surface area contributed by atoms with Crippen LogP contribution in [-0.2, 0) is 9.53 Å². The summed E-state index contributed by atoms with van der Waals surface area (Å²) in [6.07, 6.45) is 17.1. The Labute approximate surface area is 126 Å². The Bertz CT molecular complexity index is 213. The first kappa shape index (κ1) is 19.5. The number of carbonyl (C=O) groups is 1. The quantitative estimate of drug-likeness (QED) is 0.287. The molecule has 0 amide bonds. The molecule has 0 saturated heterocycles. The van der Waals surface area contributed by atoms with E-state index in [0.717, 1.165) is 12.8 Å². The van der Waals surface area contributed by atoms with Gasteiger partial charge in [-0.25, -0.2) is 0 Å². The summed E-state index contributed by atoms with van der Waals surface area (Å²) < 4.78 is 5.25. The third-order valence-electron chi connectivity index (χ3n) is 3.92. The lowest BCUT2D eigenvalue weighted by molar-refractivity contribution is -0.146. The van der Waals surface area contributed by atoms with Gasteiger partial charge in [-0.3, -0.25) is 4.79 Å². The van der Waals surface area contributed by atoms with E-state index in [1.807, 2.05) is 0 Å². The topological polar surface area (TPSA) is 26.3 Å². The zero-order valence-electron chi connectivity index (χ0n) is 14.1. The molecule has 0 fully saturated rings. The zero-order chi connectivity index (χ0) is 15.1.